The van der Waals surface area contributed by atoms with Crippen LogP contribution < -0.4 is 4.74 Å². The minimum atomic E-state index is -1.50. The first-order valence-corrected chi connectivity index (χ1v) is 12.6. The van der Waals surface area contributed by atoms with Crippen LogP contribution in [-0.2, 0) is 19.9 Å². The molecular formula is C28H33BrFNO5. The van der Waals surface area contributed by atoms with E-state index in [2.05, 4.69) is 34.5 Å². The fourth-order valence-electron chi connectivity index (χ4n) is 3.72. The predicted octanol–water partition coefficient (Wildman–Crippen LogP) is 6.09. The number of nitrogens with zero attached hydrogens (tertiary/aromatic N) is 1. The van der Waals surface area contributed by atoms with E-state index in [9.17, 15) is 9.59 Å². The van der Waals surface area contributed by atoms with Crippen LogP contribution in [0.3, 0.4) is 0 Å². The summed E-state index contributed by atoms with van der Waals surface area (Å²) in [6.45, 7) is 7.67. The van der Waals surface area contributed by atoms with Crippen LogP contribution in [0.2, 0.25) is 0 Å². The first kappa shape index (κ1) is 29.3. The summed E-state index contributed by atoms with van der Waals surface area (Å²) < 4.78 is 27.4. The van der Waals surface area contributed by atoms with E-state index in [1.807, 2.05) is 6.08 Å². The Bertz CT molecular complexity index is 1060. The van der Waals surface area contributed by atoms with Gasteiger partial charge >= 0.3 is 11.9 Å². The van der Waals surface area contributed by atoms with Crippen molar-refractivity contribution >= 4 is 27.9 Å². The van der Waals surface area contributed by atoms with Crippen LogP contribution in [0.4, 0.5) is 4.39 Å². The van der Waals surface area contributed by atoms with Crippen LogP contribution in [-0.4, -0.2) is 48.7 Å². The Morgan fingerprint density at radius 2 is 1.81 bits per heavy atom. The van der Waals surface area contributed by atoms with Gasteiger partial charge in [0.25, 0.3) is 0 Å². The Morgan fingerprint density at radius 3 is 2.44 bits per heavy atom. The molecule has 194 valence electrons. The number of halogens is 2. The zero-order valence-electron chi connectivity index (χ0n) is 20.7. The minimum absolute atomic E-state index is 0.123. The van der Waals surface area contributed by atoms with Crippen LogP contribution in [0.5, 0.6) is 5.75 Å². The maximum Gasteiger partial charge on any atom is 0.332 e. The number of hydrogen-bond donors (Lipinski definition) is 1. The molecule has 0 aromatic heterocycles. The molecule has 36 heavy (non-hydrogen) atoms. The fraction of sp³-hybridized carbons (Fsp3) is 0.357. The van der Waals surface area contributed by atoms with Crippen LogP contribution in [0.15, 0.2) is 71.7 Å². The third-order valence-electron chi connectivity index (χ3n) is 5.66. The molecule has 0 amide bonds. The SMILES string of the molecule is C=CCN(C)CCCCCCOc1ccc(C(C)(OC(=O)C=CC(=O)O)c2ccc(Br)cc2)c(F)c1. The highest BCUT2D eigenvalue weighted by atomic mass is 79.9. The summed E-state index contributed by atoms with van der Waals surface area (Å²) in [6, 6.07) is 11.4. The molecule has 0 bridgehead atoms. The van der Waals surface area contributed by atoms with Gasteiger partial charge in [0.1, 0.15) is 11.6 Å². The molecule has 0 aliphatic rings. The van der Waals surface area contributed by atoms with Crippen molar-refractivity contribution in [2.45, 2.75) is 38.2 Å². The topological polar surface area (TPSA) is 76.1 Å². The Balaban J connectivity index is 2.07. The lowest BCUT2D eigenvalue weighted by molar-refractivity contribution is -0.149. The summed E-state index contributed by atoms with van der Waals surface area (Å²) in [6.07, 6.45) is 7.43. The number of ether oxygens (including phenoxy) is 2. The summed E-state index contributed by atoms with van der Waals surface area (Å²) in [4.78, 5) is 25.3. The Hall–Kier alpha value is -2.97. The number of carboxylic acid groups (broad SMARTS) is 1. The number of carboxylic acids is 1. The van der Waals surface area contributed by atoms with Gasteiger partial charge in [-0.2, -0.15) is 0 Å². The summed E-state index contributed by atoms with van der Waals surface area (Å²) in [5, 5.41) is 8.79. The highest BCUT2D eigenvalue weighted by Crippen LogP contribution is 2.37. The summed E-state index contributed by atoms with van der Waals surface area (Å²) in [5.74, 6) is -2.40. The van der Waals surface area contributed by atoms with Gasteiger partial charge in [0.15, 0.2) is 5.60 Å². The largest absolute Gasteiger partial charge is 0.493 e. The number of unbranched alkanes of at least 4 members (excludes halogenated alkanes) is 3. The van der Waals surface area contributed by atoms with Crippen molar-refractivity contribution in [2.75, 3.05) is 26.7 Å². The number of benzene rings is 2. The molecule has 1 N–H and O–H groups in total. The van der Waals surface area contributed by atoms with Crippen LogP contribution >= 0.6 is 15.9 Å². The number of esters is 1. The van der Waals surface area contributed by atoms with Gasteiger partial charge in [-0.05, 0) is 63.2 Å². The smallest absolute Gasteiger partial charge is 0.332 e. The molecule has 6 nitrogen and oxygen atoms in total. The van der Waals surface area contributed by atoms with E-state index in [1.54, 1.807) is 37.3 Å². The number of likely N-dealkylation sites (N-methyl/N-ethyl adjacent to an activating group) is 1. The molecule has 2 rings (SSSR count). The molecule has 0 saturated carbocycles. The van der Waals surface area contributed by atoms with Crippen molar-refractivity contribution in [1.82, 2.24) is 4.90 Å². The molecule has 0 aliphatic carbocycles. The fourth-order valence-corrected chi connectivity index (χ4v) is 3.99. The van der Waals surface area contributed by atoms with Crippen molar-refractivity contribution in [1.29, 1.82) is 0 Å². The van der Waals surface area contributed by atoms with Gasteiger partial charge in [0.2, 0.25) is 0 Å². The monoisotopic (exact) mass is 561 g/mol. The van der Waals surface area contributed by atoms with Gasteiger partial charge < -0.3 is 19.5 Å². The number of rotatable bonds is 15. The van der Waals surface area contributed by atoms with Crippen molar-refractivity contribution in [3.8, 4) is 5.75 Å². The van der Waals surface area contributed by atoms with Gasteiger partial charge in [-0.1, -0.05) is 47.0 Å². The molecule has 1 unspecified atom stereocenters. The quantitative estimate of drug-likeness (QED) is 0.123. The van der Waals surface area contributed by atoms with Gasteiger partial charge in [-0.15, -0.1) is 6.58 Å². The lowest BCUT2D eigenvalue weighted by atomic mass is 9.87. The maximum absolute atomic E-state index is 15.3. The Kier molecular flexibility index (Phi) is 11.8. The van der Waals surface area contributed by atoms with Crippen LogP contribution in [0.1, 0.15) is 43.7 Å². The second kappa shape index (κ2) is 14.6. The molecule has 1 atom stereocenters. The number of aliphatic carboxylic acids is 1. The van der Waals surface area contributed by atoms with E-state index in [1.165, 1.54) is 12.1 Å². The average molecular weight is 562 g/mol. The highest BCUT2D eigenvalue weighted by molar-refractivity contribution is 9.10. The normalized spacial score (nSPS) is 12.9. The molecule has 0 spiro atoms. The predicted molar refractivity (Wildman–Crippen MR) is 142 cm³/mol. The third kappa shape index (κ3) is 9.24. The first-order chi connectivity index (χ1) is 17.2. The lowest BCUT2D eigenvalue weighted by Gasteiger charge is -2.31. The molecule has 0 fully saturated rings. The zero-order valence-corrected chi connectivity index (χ0v) is 22.3. The highest BCUT2D eigenvalue weighted by Gasteiger charge is 2.35. The summed E-state index contributed by atoms with van der Waals surface area (Å²) in [5.41, 5.74) is -0.853. The van der Waals surface area contributed by atoms with Crippen LogP contribution in [0, 0.1) is 5.82 Å². The molecule has 0 saturated heterocycles. The van der Waals surface area contributed by atoms with Crippen molar-refractivity contribution in [2.24, 2.45) is 0 Å². The standard InChI is InChI=1S/C28H33BrFNO5/c1-4-17-31(3)18-7-5-6-8-19-35-23-13-14-24(25(30)20-23)28(2,21-9-11-22(29)12-10-21)36-27(34)16-15-26(32)33/h4,9-16,20H,1,5-8,17-19H2,2-3H3,(H,32,33). The second-order valence-electron chi connectivity index (χ2n) is 8.59. The van der Waals surface area contributed by atoms with E-state index in [0.29, 0.717) is 24.0 Å². The van der Waals surface area contributed by atoms with Gasteiger partial charge in [0.05, 0.1) is 6.61 Å². The van der Waals surface area contributed by atoms with Gasteiger partial charge in [-0.3, -0.25) is 0 Å². The number of hydrogen-bond acceptors (Lipinski definition) is 5. The lowest BCUT2D eigenvalue weighted by Crippen LogP contribution is -2.31. The zero-order chi connectivity index (χ0) is 26.6. The molecule has 0 aliphatic heterocycles. The number of carbonyl (C=O) groups excluding carboxylic acids is 1. The van der Waals surface area contributed by atoms with Gasteiger partial charge in [0, 0.05) is 34.8 Å². The second-order valence-corrected chi connectivity index (χ2v) is 9.50. The average Bonchev–Trinajstić information content (AvgIpc) is 2.82. The summed E-state index contributed by atoms with van der Waals surface area (Å²) in [7, 11) is 2.07. The van der Waals surface area contributed by atoms with E-state index in [4.69, 9.17) is 14.6 Å². The van der Waals surface area contributed by atoms with Crippen molar-refractivity contribution in [3.05, 3.63) is 88.7 Å². The minimum Gasteiger partial charge on any atom is -0.493 e. The Labute approximate surface area is 220 Å². The molecular weight excluding hydrogens is 529 g/mol. The van der Waals surface area contributed by atoms with E-state index < -0.39 is 23.4 Å². The van der Waals surface area contributed by atoms with Crippen molar-refractivity contribution < 1.29 is 28.6 Å². The molecule has 0 radical (unpaired) electrons. The molecule has 0 heterocycles. The number of carbonyl (C=O) groups is 2. The maximum atomic E-state index is 15.3. The van der Waals surface area contributed by atoms with Crippen LogP contribution in [0.25, 0.3) is 0 Å². The Morgan fingerprint density at radius 1 is 1.11 bits per heavy atom. The van der Waals surface area contributed by atoms with E-state index in [-0.39, 0.29) is 5.56 Å². The van der Waals surface area contributed by atoms with Crippen molar-refractivity contribution in [3.63, 3.8) is 0 Å². The third-order valence-corrected chi connectivity index (χ3v) is 6.19. The first-order valence-electron chi connectivity index (χ1n) is 11.8. The van der Waals surface area contributed by atoms with E-state index in [0.717, 1.165) is 49.3 Å². The molecule has 8 heteroatoms. The molecule has 2 aromatic carbocycles. The van der Waals surface area contributed by atoms with Gasteiger partial charge in [-0.25, -0.2) is 14.0 Å². The van der Waals surface area contributed by atoms with E-state index >= 15 is 4.39 Å². The summed E-state index contributed by atoms with van der Waals surface area (Å²) >= 11 is 3.36. The molecule has 2 aromatic rings.